The second kappa shape index (κ2) is 36.2. The molecule has 0 spiro atoms. The second-order valence-electron chi connectivity index (χ2n) is 16.5. The van der Waals surface area contributed by atoms with Crippen LogP contribution in [0.3, 0.4) is 0 Å². The molecule has 8 aromatic rings. The maximum Gasteiger partial charge on any atom is 3.00 e. The first-order valence-electron chi connectivity index (χ1n) is 21.6. The Morgan fingerprint density at radius 1 is 0.337 bits per heavy atom. The Hall–Kier alpha value is -1.93. The van der Waals surface area contributed by atoms with Crippen LogP contribution < -0.4 is 238 Å². The van der Waals surface area contributed by atoms with E-state index in [1.54, 1.807) is 0 Å². The van der Waals surface area contributed by atoms with Gasteiger partial charge in [-0.15, -0.1) is 10.2 Å². The Morgan fingerprint density at radius 2 is 0.630 bits per heavy atom. The number of hydrogen-bond acceptors (Lipinski definition) is 32. The van der Waals surface area contributed by atoms with Gasteiger partial charge in [0.05, 0.1) is 62.0 Å². The molecule has 48 heteroatoms. The molecule has 1 radical (unpaired) electrons. The summed E-state index contributed by atoms with van der Waals surface area (Å²) < 4.78 is 208. The summed E-state index contributed by atoms with van der Waals surface area (Å²) in [5, 5.41) is 91.5. The fraction of sp³-hybridized carbons (Fsp3) is 0. The van der Waals surface area contributed by atoms with Crippen LogP contribution in [-0.4, -0.2) is 87.7 Å². The molecule has 0 aliphatic heterocycles. The third-order valence-corrected chi connectivity index (χ3v) is 16.0. The SMILES string of the molecule is O=[N+]([O-])c1cc(N=Nc2c(S(=O)(=O)[O-])cc3ccc(Nc4cccc(S(=O)(=O)[O-])c4)cc3c2[O-])c([O-])c(S(=O)(=O)[O-])c1.O=[N+]([O-])c1cc(N=Nc2c(S(=O)(=O)[O-])cc3ccc(Nc4cccc(S(=O)(=O)[O-])c4)cc3c2[O-])c([O-])c(S(=O)(=O)[O-])c1.[Cr+3].[Na+].[Na+].[Na+].[Na+].[Na+].[Na+].[Na+]. The van der Waals surface area contributed by atoms with Gasteiger partial charge in [-0.25, -0.2) is 50.5 Å². The van der Waals surface area contributed by atoms with Gasteiger partial charge < -0.3 is 58.4 Å². The number of nitro benzene ring substituents is 2. The molecular weight excluding hydrogens is 1460 g/mol. The minimum atomic E-state index is -5.54. The standard InChI is InChI=1S/2C22H16N4O13S3.Cr.7Na/c2*27-21-16-8-13(23-12-2-1-3-15(7-12)40(31,32)33)5-4-11(16)6-18(41(34,35)36)20(21)25-24-17-9-14(26(29)30)10-19(22(17)28)42(37,38)39;;;;;;;;/h2*1-10,23,27-28H,(H,31,32,33)(H,34,35,36)(H,37,38,39);;;;;;;;/q;;+3;7*+1/p-10. The van der Waals surface area contributed by atoms with Crippen LogP contribution in [0.25, 0.3) is 21.5 Å². The molecular formula is C44H22CrN8Na7O26S6. The molecule has 0 fully saturated rings. The molecule has 0 atom stereocenters. The number of nitrogens with one attached hydrogen (secondary N) is 2. The molecule has 8 rings (SSSR count). The first-order chi connectivity index (χ1) is 38.7. The van der Waals surface area contributed by atoms with Gasteiger partial charge in [0.15, 0.2) is 0 Å². The number of azo groups is 2. The van der Waals surface area contributed by atoms with Crippen LogP contribution in [-0.2, 0) is 78.1 Å². The van der Waals surface area contributed by atoms with Gasteiger partial charge in [-0.05, 0) is 94.3 Å². The fourth-order valence-corrected chi connectivity index (χ4v) is 10.8. The molecule has 0 saturated heterocycles. The first-order valence-corrected chi connectivity index (χ1v) is 30.0. The Labute approximate surface area is 685 Å². The van der Waals surface area contributed by atoms with E-state index in [-0.39, 0.29) is 281 Å². The molecule has 2 N–H and O–H groups in total. The number of non-ortho nitro benzene ring substituents is 2. The number of anilines is 4. The van der Waals surface area contributed by atoms with Crippen molar-refractivity contribution in [2.24, 2.45) is 20.5 Å². The third-order valence-electron chi connectivity index (χ3n) is 10.9. The monoisotopic (exact) mass is 1480 g/mol. The van der Waals surface area contributed by atoms with E-state index in [9.17, 15) is 118 Å². The summed E-state index contributed by atoms with van der Waals surface area (Å²) in [4.78, 5) is 13.3. The number of fused-ring (bicyclic) bond motifs is 2. The van der Waals surface area contributed by atoms with Crippen molar-refractivity contribution in [1.29, 1.82) is 0 Å². The van der Waals surface area contributed by atoms with Gasteiger partial charge in [0.2, 0.25) is 0 Å². The number of benzene rings is 8. The molecule has 0 aromatic heterocycles. The van der Waals surface area contributed by atoms with Crippen LogP contribution >= 0.6 is 0 Å². The molecule has 34 nitrogen and oxygen atoms in total. The summed E-state index contributed by atoms with van der Waals surface area (Å²) in [6.45, 7) is 0. The van der Waals surface area contributed by atoms with Crippen molar-refractivity contribution in [1.82, 2.24) is 0 Å². The van der Waals surface area contributed by atoms with Crippen LogP contribution in [0.15, 0.2) is 171 Å². The van der Waals surface area contributed by atoms with Gasteiger partial charge in [0.1, 0.15) is 60.7 Å². The van der Waals surface area contributed by atoms with Crippen LogP contribution in [0.4, 0.5) is 56.9 Å². The molecule has 0 unspecified atom stereocenters. The molecule has 0 aliphatic carbocycles. The summed E-state index contributed by atoms with van der Waals surface area (Å²) in [5.74, 6) is -5.76. The average Bonchev–Trinajstić information content (AvgIpc) is 0.783. The van der Waals surface area contributed by atoms with Crippen molar-refractivity contribution in [3.63, 3.8) is 0 Å². The van der Waals surface area contributed by atoms with Crippen LogP contribution in [0.2, 0.25) is 0 Å². The summed E-state index contributed by atoms with van der Waals surface area (Å²) in [7, 11) is -31.5. The predicted octanol–water partition coefficient (Wildman–Crippen LogP) is -17.4. The van der Waals surface area contributed by atoms with Gasteiger partial charge >= 0.3 is 224 Å². The zero-order valence-corrected chi connectivity index (χ0v) is 67.9. The van der Waals surface area contributed by atoms with Crippen molar-refractivity contribution in [3.05, 3.63) is 142 Å². The zero-order valence-electron chi connectivity index (χ0n) is 47.7. The van der Waals surface area contributed by atoms with E-state index >= 15 is 0 Å². The van der Waals surface area contributed by atoms with Crippen LogP contribution in [0.1, 0.15) is 0 Å². The second-order valence-corrected chi connectivity index (χ2v) is 24.7. The van der Waals surface area contributed by atoms with Crippen molar-refractivity contribution < 1.29 is 332 Å². The maximum absolute atomic E-state index is 13.3. The van der Waals surface area contributed by atoms with Crippen LogP contribution in [0.5, 0.6) is 23.0 Å². The molecule has 92 heavy (non-hydrogen) atoms. The normalized spacial score (nSPS) is 11.5. The summed E-state index contributed by atoms with van der Waals surface area (Å²) in [5.41, 5.74) is -6.24. The van der Waals surface area contributed by atoms with Crippen molar-refractivity contribution in [3.8, 4) is 23.0 Å². The van der Waals surface area contributed by atoms with Crippen molar-refractivity contribution >= 4 is 139 Å². The average molecular weight is 1480 g/mol. The van der Waals surface area contributed by atoms with Crippen molar-refractivity contribution in [2.75, 3.05) is 10.6 Å². The summed E-state index contributed by atoms with van der Waals surface area (Å²) in [6, 6.07) is 19.5. The van der Waals surface area contributed by atoms with Crippen molar-refractivity contribution in [2.45, 2.75) is 29.4 Å². The number of nitrogens with zero attached hydrogens (tertiary/aromatic N) is 6. The smallest absolute Gasteiger partial charge is 0.871 e. The predicted molar refractivity (Wildman–Crippen MR) is 267 cm³/mol. The molecule has 443 valence electrons. The molecule has 0 bridgehead atoms. The van der Waals surface area contributed by atoms with E-state index in [1.807, 2.05) is 0 Å². The third kappa shape index (κ3) is 23.1. The van der Waals surface area contributed by atoms with Gasteiger partial charge in [-0.1, -0.05) is 47.3 Å². The van der Waals surface area contributed by atoms with Crippen LogP contribution in [0, 0.1) is 20.2 Å². The summed E-state index contributed by atoms with van der Waals surface area (Å²) >= 11 is 0. The van der Waals surface area contributed by atoms with E-state index in [1.165, 1.54) is 48.5 Å². The Morgan fingerprint density at radius 3 is 0.902 bits per heavy atom. The van der Waals surface area contributed by atoms with Gasteiger partial charge in [0.25, 0.3) is 11.4 Å². The van der Waals surface area contributed by atoms with E-state index in [0.717, 1.165) is 48.5 Å². The zero-order chi connectivity index (χ0) is 62.4. The topological polar surface area (TPSA) is 595 Å². The number of hydrogen-bond donors (Lipinski definition) is 2. The van der Waals surface area contributed by atoms with E-state index in [0.29, 0.717) is 12.1 Å². The van der Waals surface area contributed by atoms with E-state index in [2.05, 4.69) is 31.1 Å². The maximum atomic E-state index is 13.3. The van der Waals surface area contributed by atoms with E-state index in [4.69, 9.17) is 0 Å². The van der Waals surface area contributed by atoms with Gasteiger partial charge in [-0.2, -0.15) is 10.2 Å². The Kier molecular flexibility index (Phi) is 36.3. The quantitative estimate of drug-likeness (QED) is 0.0298. The minimum absolute atomic E-state index is 0. The molecule has 0 amide bonds. The first kappa shape index (κ1) is 92.1. The molecule has 0 aliphatic rings. The van der Waals surface area contributed by atoms with E-state index < -0.39 is 157 Å². The molecule has 0 saturated carbocycles. The fourth-order valence-electron chi connectivity index (χ4n) is 7.26. The largest absolute Gasteiger partial charge is 3.00 e. The van der Waals surface area contributed by atoms with Gasteiger partial charge in [0, 0.05) is 47.0 Å². The number of nitro groups is 2. The summed E-state index contributed by atoms with van der Waals surface area (Å²) in [6.07, 6.45) is 0. The molecule has 0 heterocycles. The Balaban J connectivity index is 0. The Bertz CT molecular complexity index is 4650. The van der Waals surface area contributed by atoms with Gasteiger partial charge in [-0.3, -0.25) is 20.2 Å². The minimum Gasteiger partial charge on any atom is -0.871 e. The number of rotatable bonds is 16. The molecule has 8 aromatic carbocycles.